The fourth-order valence-corrected chi connectivity index (χ4v) is 2.76. The van der Waals surface area contributed by atoms with Crippen molar-refractivity contribution in [3.63, 3.8) is 0 Å². The molecule has 2 rings (SSSR count). The number of para-hydroxylation sites is 1. The third-order valence-corrected chi connectivity index (χ3v) is 3.83. The van der Waals surface area contributed by atoms with Gasteiger partial charge in [-0.2, -0.15) is 8.42 Å². The maximum absolute atomic E-state index is 11.3. The van der Waals surface area contributed by atoms with E-state index in [1.165, 1.54) is 6.20 Å². The Kier molecular flexibility index (Phi) is 3.10. The van der Waals surface area contributed by atoms with Gasteiger partial charge in [0.1, 0.15) is 5.25 Å². The third-order valence-electron chi connectivity index (χ3n) is 2.69. The van der Waals surface area contributed by atoms with Crippen LogP contribution in [-0.4, -0.2) is 29.0 Å². The molecule has 0 spiro atoms. The van der Waals surface area contributed by atoms with Crippen LogP contribution in [0.1, 0.15) is 17.2 Å². The highest BCUT2D eigenvalue weighted by atomic mass is 32.2. The number of hydrogen-bond acceptors (Lipinski definition) is 3. The van der Waals surface area contributed by atoms with Gasteiger partial charge in [0.25, 0.3) is 10.1 Å². The van der Waals surface area contributed by atoms with Crippen LogP contribution in [0.4, 0.5) is 0 Å². The van der Waals surface area contributed by atoms with Gasteiger partial charge >= 0.3 is 5.97 Å². The Labute approximate surface area is 103 Å². The van der Waals surface area contributed by atoms with Crippen molar-refractivity contribution in [2.75, 3.05) is 0 Å². The lowest BCUT2D eigenvalue weighted by molar-refractivity contribution is -0.137. The molecule has 96 valence electrons. The number of aliphatic carboxylic acids is 1. The molecule has 0 aliphatic carbocycles. The van der Waals surface area contributed by atoms with Crippen LogP contribution < -0.4 is 0 Å². The summed E-state index contributed by atoms with van der Waals surface area (Å²) in [4.78, 5) is 13.5. The van der Waals surface area contributed by atoms with E-state index in [0.29, 0.717) is 10.9 Å². The number of carboxylic acid groups (broad SMARTS) is 1. The third kappa shape index (κ3) is 2.36. The highest BCUT2D eigenvalue weighted by Crippen LogP contribution is 2.31. The summed E-state index contributed by atoms with van der Waals surface area (Å²) in [6.07, 6.45) is 0.729. The molecule has 2 aromatic rings. The smallest absolute Gasteiger partial charge is 0.305 e. The predicted molar refractivity (Wildman–Crippen MR) is 64.8 cm³/mol. The molecule has 18 heavy (non-hydrogen) atoms. The van der Waals surface area contributed by atoms with Gasteiger partial charge in [-0.1, -0.05) is 18.2 Å². The molecule has 1 aromatic heterocycles. The first-order chi connectivity index (χ1) is 8.39. The number of carbonyl (C=O) groups is 1. The first-order valence-corrected chi connectivity index (χ1v) is 6.64. The molecule has 0 aliphatic heterocycles. The Bertz CT molecular complexity index is 688. The van der Waals surface area contributed by atoms with Crippen LogP contribution in [0.2, 0.25) is 0 Å². The standard InChI is InChI=1S/C11H11NO5S/c13-11(14)5-10(18(15,16)17)8-6-12-9-4-2-1-3-7(8)9/h1-4,6,10,12H,5H2,(H,13,14)(H,15,16,17). The van der Waals surface area contributed by atoms with E-state index in [-0.39, 0.29) is 5.56 Å². The van der Waals surface area contributed by atoms with Crippen LogP contribution in [0, 0.1) is 0 Å². The molecule has 1 unspecified atom stereocenters. The van der Waals surface area contributed by atoms with Gasteiger partial charge in [-0.15, -0.1) is 0 Å². The lowest BCUT2D eigenvalue weighted by Gasteiger charge is -2.10. The van der Waals surface area contributed by atoms with Gasteiger partial charge in [0.05, 0.1) is 6.42 Å². The van der Waals surface area contributed by atoms with Crippen LogP contribution in [0.3, 0.4) is 0 Å². The highest BCUT2D eigenvalue weighted by molar-refractivity contribution is 7.86. The number of benzene rings is 1. The van der Waals surface area contributed by atoms with Crippen molar-refractivity contribution in [1.29, 1.82) is 0 Å². The summed E-state index contributed by atoms with van der Waals surface area (Å²) >= 11 is 0. The molecule has 0 fully saturated rings. The summed E-state index contributed by atoms with van der Waals surface area (Å²) in [7, 11) is -4.48. The zero-order chi connectivity index (χ0) is 13.3. The summed E-state index contributed by atoms with van der Waals surface area (Å²) in [5.74, 6) is -1.29. The minimum absolute atomic E-state index is 0.260. The summed E-state index contributed by atoms with van der Waals surface area (Å²) in [6, 6.07) is 6.88. The van der Waals surface area contributed by atoms with Crippen LogP contribution in [0.15, 0.2) is 30.5 Å². The van der Waals surface area contributed by atoms with Crippen LogP contribution >= 0.6 is 0 Å². The minimum atomic E-state index is -4.48. The van der Waals surface area contributed by atoms with Gasteiger partial charge in [0.15, 0.2) is 0 Å². The van der Waals surface area contributed by atoms with Gasteiger partial charge in [0.2, 0.25) is 0 Å². The molecule has 0 bridgehead atoms. The van der Waals surface area contributed by atoms with E-state index >= 15 is 0 Å². The maximum Gasteiger partial charge on any atom is 0.305 e. The molecular formula is C11H11NO5S. The number of H-pyrrole nitrogens is 1. The summed E-state index contributed by atoms with van der Waals surface area (Å²) in [5.41, 5.74) is 0.946. The quantitative estimate of drug-likeness (QED) is 0.730. The first-order valence-electron chi connectivity index (χ1n) is 5.13. The van der Waals surface area contributed by atoms with E-state index in [2.05, 4.69) is 4.98 Å². The SMILES string of the molecule is O=C(O)CC(c1c[nH]c2ccccc12)S(=O)(=O)O. The zero-order valence-electron chi connectivity index (χ0n) is 9.20. The van der Waals surface area contributed by atoms with Crippen molar-refractivity contribution in [3.8, 4) is 0 Å². The molecule has 1 atom stereocenters. The normalized spacial score (nSPS) is 13.6. The summed E-state index contributed by atoms with van der Waals surface area (Å²) < 4.78 is 31.7. The van der Waals surface area contributed by atoms with Crippen LogP contribution in [0.25, 0.3) is 10.9 Å². The number of aromatic amines is 1. The monoisotopic (exact) mass is 269 g/mol. The second kappa shape index (κ2) is 4.43. The van der Waals surface area contributed by atoms with E-state index in [0.717, 1.165) is 0 Å². The van der Waals surface area contributed by atoms with Gasteiger partial charge in [-0.25, -0.2) is 0 Å². The molecule has 0 radical (unpaired) electrons. The fraction of sp³-hybridized carbons (Fsp3) is 0.182. The lowest BCUT2D eigenvalue weighted by atomic mass is 10.1. The predicted octanol–water partition coefficient (Wildman–Crippen LogP) is 1.57. The Hall–Kier alpha value is -1.86. The summed E-state index contributed by atoms with van der Waals surface area (Å²) in [6.45, 7) is 0. The van der Waals surface area contributed by atoms with Crippen molar-refractivity contribution in [2.45, 2.75) is 11.7 Å². The number of nitrogens with one attached hydrogen (secondary N) is 1. The summed E-state index contributed by atoms with van der Waals surface area (Å²) in [5, 5.41) is 7.85. The van der Waals surface area contributed by atoms with Crippen molar-refractivity contribution in [2.24, 2.45) is 0 Å². The van der Waals surface area contributed by atoms with Gasteiger partial charge in [-0.3, -0.25) is 9.35 Å². The zero-order valence-corrected chi connectivity index (χ0v) is 10.0. The van der Waals surface area contributed by atoms with Gasteiger partial charge in [0, 0.05) is 17.1 Å². The first kappa shape index (κ1) is 12.6. The number of fused-ring (bicyclic) bond motifs is 1. The molecule has 0 aliphatic rings. The van der Waals surface area contributed by atoms with Crippen LogP contribution in [0.5, 0.6) is 0 Å². The lowest BCUT2D eigenvalue weighted by Crippen LogP contribution is -2.16. The molecule has 3 N–H and O–H groups in total. The minimum Gasteiger partial charge on any atom is -0.481 e. The molecule has 7 heteroatoms. The topological polar surface area (TPSA) is 107 Å². The molecular weight excluding hydrogens is 258 g/mol. The molecule has 0 amide bonds. The Morgan fingerprint density at radius 1 is 1.33 bits per heavy atom. The maximum atomic E-state index is 11.3. The highest BCUT2D eigenvalue weighted by Gasteiger charge is 2.29. The van der Waals surface area contributed by atoms with E-state index in [9.17, 15) is 13.2 Å². The second-order valence-electron chi connectivity index (χ2n) is 3.89. The van der Waals surface area contributed by atoms with E-state index in [1.54, 1.807) is 24.3 Å². The van der Waals surface area contributed by atoms with Gasteiger partial charge in [-0.05, 0) is 11.6 Å². The Morgan fingerprint density at radius 3 is 2.61 bits per heavy atom. The number of carboxylic acids is 1. The van der Waals surface area contributed by atoms with Crippen molar-refractivity contribution >= 4 is 27.0 Å². The van der Waals surface area contributed by atoms with Crippen molar-refractivity contribution in [3.05, 3.63) is 36.0 Å². The van der Waals surface area contributed by atoms with Crippen molar-refractivity contribution < 1.29 is 22.9 Å². The Morgan fingerprint density at radius 2 is 2.00 bits per heavy atom. The molecule has 0 saturated heterocycles. The van der Waals surface area contributed by atoms with E-state index in [1.807, 2.05) is 0 Å². The van der Waals surface area contributed by atoms with E-state index < -0.39 is 27.8 Å². The average molecular weight is 269 g/mol. The number of aromatic nitrogens is 1. The fourth-order valence-electron chi connectivity index (χ4n) is 1.89. The van der Waals surface area contributed by atoms with Crippen molar-refractivity contribution in [1.82, 2.24) is 4.98 Å². The second-order valence-corrected chi connectivity index (χ2v) is 5.49. The molecule has 0 saturated carbocycles. The van der Waals surface area contributed by atoms with Crippen LogP contribution in [-0.2, 0) is 14.9 Å². The van der Waals surface area contributed by atoms with Gasteiger partial charge < -0.3 is 10.1 Å². The number of hydrogen-bond donors (Lipinski definition) is 3. The average Bonchev–Trinajstić information content (AvgIpc) is 2.67. The largest absolute Gasteiger partial charge is 0.481 e. The molecule has 6 nitrogen and oxygen atoms in total. The number of rotatable bonds is 4. The molecule has 1 aromatic carbocycles. The molecule has 1 heterocycles. The Balaban J connectivity index is 2.58. The van der Waals surface area contributed by atoms with E-state index in [4.69, 9.17) is 9.66 Å².